The Hall–Kier alpha value is -2.72. The number of cyclic esters (lactones) is 1. The van der Waals surface area contributed by atoms with Gasteiger partial charge in [0.1, 0.15) is 23.9 Å². The third-order valence-corrected chi connectivity index (χ3v) is 15.4. The second kappa shape index (κ2) is 26.0. The van der Waals surface area contributed by atoms with Gasteiger partial charge in [-0.05, 0) is 93.7 Å². The lowest BCUT2D eigenvalue weighted by atomic mass is 9.73. The van der Waals surface area contributed by atoms with Gasteiger partial charge in [0.15, 0.2) is 24.8 Å². The van der Waals surface area contributed by atoms with Gasteiger partial charge in [0, 0.05) is 52.3 Å². The molecule has 19 heteroatoms. The molecule has 4 aliphatic rings. The number of esters is 2. The van der Waals surface area contributed by atoms with Crippen LogP contribution in [0.25, 0.3) is 0 Å². The summed E-state index contributed by atoms with van der Waals surface area (Å²) in [5.74, 6) is -4.07. The van der Waals surface area contributed by atoms with Gasteiger partial charge in [-0.25, -0.2) is 9.80 Å². The number of carbonyl (C=O) groups excluding carboxylic acids is 3. The summed E-state index contributed by atoms with van der Waals surface area (Å²) in [7, 11) is 8.57. The molecule has 3 heterocycles. The number of methoxy groups -OCH3 is 1. The number of likely N-dealkylation sites (N-methyl/N-ethyl adjacent to an activating group) is 1. The Labute approximate surface area is 418 Å². The van der Waals surface area contributed by atoms with Gasteiger partial charge >= 0.3 is 18.0 Å². The van der Waals surface area contributed by atoms with Crippen LogP contribution in [0.5, 0.6) is 0 Å². The van der Waals surface area contributed by atoms with Gasteiger partial charge in [-0.2, -0.15) is 0 Å². The SMILES string of the molecule is CC[C@H]1OC(=O)[C@H](C)[C@@H](O[C@H]2C[C@@](C)(OC)[C@@H](OC(C)=O)[C@H](C)O2)[C@H](C)[C@@H](O[C@@H]2O[C@H](C)C[C@H](N(C)C)[C@H]2OC(=O)NN(C)C)C(C)(O)C[C@@H](C)/C(=N\OCCCC2CCCCC2)[C@H](C)[C@@H](O)[C@]1(C)O. The number of hydrazine groups is 1. The Morgan fingerprint density at radius 3 is 2.13 bits per heavy atom. The van der Waals surface area contributed by atoms with E-state index in [2.05, 4.69) is 10.6 Å². The number of aliphatic hydroxyl groups excluding tert-OH is 1. The van der Waals surface area contributed by atoms with Gasteiger partial charge in [0.2, 0.25) is 0 Å². The van der Waals surface area contributed by atoms with Crippen molar-refractivity contribution < 1.29 is 72.4 Å². The van der Waals surface area contributed by atoms with Gasteiger partial charge < -0.3 is 63.0 Å². The zero-order valence-corrected chi connectivity index (χ0v) is 45.3. The predicted molar refractivity (Wildman–Crippen MR) is 261 cm³/mol. The number of rotatable bonds is 15. The molecule has 0 radical (unpaired) electrons. The normalized spacial score (nSPS) is 41.4. The van der Waals surface area contributed by atoms with E-state index in [1.807, 2.05) is 32.8 Å². The minimum Gasteiger partial charge on any atom is -0.459 e. The summed E-state index contributed by atoms with van der Waals surface area (Å²) in [6, 6.07) is -0.385. The van der Waals surface area contributed by atoms with Crippen LogP contribution in [0.1, 0.15) is 147 Å². The minimum absolute atomic E-state index is 0.0248. The van der Waals surface area contributed by atoms with Gasteiger partial charge in [0.05, 0.1) is 53.8 Å². The van der Waals surface area contributed by atoms with Crippen LogP contribution in [0.4, 0.5) is 4.79 Å². The first-order valence-corrected chi connectivity index (χ1v) is 25.8. The van der Waals surface area contributed by atoms with Crippen molar-refractivity contribution in [2.75, 3.05) is 41.9 Å². The molecule has 70 heavy (non-hydrogen) atoms. The molecule has 18 atom stereocenters. The van der Waals surface area contributed by atoms with Gasteiger partial charge in [-0.3, -0.25) is 15.0 Å². The average Bonchev–Trinajstić information content (AvgIpc) is 3.27. The van der Waals surface area contributed by atoms with E-state index in [4.69, 9.17) is 42.7 Å². The lowest BCUT2D eigenvalue weighted by molar-refractivity contribution is -0.318. The molecule has 1 saturated carbocycles. The first kappa shape index (κ1) is 59.8. The summed E-state index contributed by atoms with van der Waals surface area (Å²) in [5, 5.41) is 43.7. The quantitative estimate of drug-likeness (QED) is 0.0665. The van der Waals surface area contributed by atoms with Crippen molar-refractivity contribution in [3.8, 4) is 0 Å². The molecule has 0 spiro atoms. The molecular formula is C51H92N4O15. The van der Waals surface area contributed by atoms with Gasteiger partial charge in [-0.1, -0.05) is 65.0 Å². The number of carbonyl (C=O) groups is 3. The lowest BCUT2D eigenvalue weighted by Gasteiger charge is -2.49. The van der Waals surface area contributed by atoms with Crippen LogP contribution >= 0.6 is 0 Å². The Morgan fingerprint density at radius 1 is 0.886 bits per heavy atom. The molecular weight excluding hydrogens is 909 g/mol. The Morgan fingerprint density at radius 2 is 1.54 bits per heavy atom. The maximum absolute atomic E-state index is 14.7. The minimum atomic E-state index is -1.97. The Kier molecular flexibility index (Phi) is 22.2. The zero-order valence-electron chi connectivity index (χ0n) is 45.3. The highest BCUT2D eigenvalue weighted by molar-refractivity contribution is 5.88. The van der Waals surface area contributed by atoms with Crippen LogP contribution in [0.15, 0.2) is 5.16 Å². The molecule has 4 fully saturated rings. The highest BCUT2D eigenvalue weighted by Crippen LogP contribution is 2.42. The fourth-order valence-corrected chi connectivity index (χ4v) is 11.5. The first-order valence-electron chi connectivity index (χ1n) is 25.8. The molecule has 1 aliphatic carbocycles. The van der Waals surface area contributed by atoms with Crippen molar-refractivity contribution in [2.45, 2.75) is 231 Å². The summed E-state index contributed by atoms with van der Waals surface area (Å²) in [4.78, 5) is 48.3. The second-order valence-electron chi connectivity index (χ2n) is 22.0. The fourth-order valence-electron chi connectivity index (χ4n) is 11.5. The summed E-state index contributed by atoms with van der Waals surface area (Å²) in [5.41, 5.74) is -1.84. The largest absolute Gasteiger partial charge is 0.459 e. The van der Waals surface area contributed by atoms with Crippen molar-refractivity contribution in [1.29, 1.82) is 0 Å². The number of nitrogens with one attached hydrogen (secondary N) is 1. The van der Waals surface area contributed by atoms with Crippen LogP contribution in [0.3, 0.4) is 0 Å². The summed E-state index contributed by atoms with van der Waals surface area (Å²) in [6.07, 6.45) is -2.35. The molecule has 1 unspecified atom stereocenters. The van der Waals surface area contributed by atoms with E-state index < -0.39 is 114 Å². The average molecular weight is 1000 g/mol. The molecule has 4 rings (SSSR count). The molecule has 406 valence electrons. The van der Waals surface area contributed by atoms with Crippen LogP contribution in [-0.4, -0.2) is 175 Å². The summed E-state index contributed by atoms with van der Waals surface area (Å²) in [6.45, 7) is 18.9. The third kappa shape index (κ3) is 15.4. The van der Waals surface area contributed by atoms with E-state index in [0.717, 1.165) is 12.8 Å². The van der Waals surface area contributed by atoms with Crippen molar-refractivity contribution in [3.05, 3.63) is 0 Å². The van der Waals surface area contributed by atoms with E-state index in [1.54, 1.807) is 62.6 Å². The van der Waals surface area contributed by atoms with Crippen molar-refractivity contribution in [3.63, 3.8) is 0 Å². The third-order valence-electron chi connectivity index (χ3n) is 15.4. The number of amides is 1. The van der Waals surface area contributed by atoms with Crippen molar-refractivity contribution >= 4 is 23.7 Å². The highest BCUT2D eigenvalue weighted by atomic mass is 16.7. The van der Waals surface area contributed by atoms with E-state index in [-0.39, 0.29) is 31.4 Å². The number of nitrogens with zero attached hydrogens (tertiary/aromatic N) is 3. The fraction of sp³-hybridized carbons (Fsp3) is 0.922. The Balaban J connectivity index is 1.88. The molecule has 4 N–H and O–H groups in total. The predicted octanol–water partition coefficient (Wildman–Crippen LogP) is 5.73. The lowest BCUT2D eigenvalue weighted by Crippen LogP contribution is -2.62. The number of ether oxygens (including phenoxy) is 8. The molecule has 0 aromatic rings. The number of aliphatic hydroxyl groups is 3. The van der Waals surface area contributed by atoms with Crippen molar-refractivity contribution in [1.82, 2.24) is 15.3 Å². The molecule has 0 aromatic heterocycles. The molecule has 3 aliphatic heterocycles. The van der Waals surface area contributed by atoms with E-state index >= 15 is 0 Å². The number of oxime groups is 1. The van der Waals surface area contributed by atoms with Crippen molar-refractivity contribution in [2.24, 2.45) is 34.7 Å². The van der Waals surface area contributed by atoms with E-state index in [1.165, 1.54) is 58.1 Å². The van der Waals surface area contributed by atoms with Gasteiger partial charge in [-0.15, -0.1) is 0 Å². The topological polar surface area (TPSA) is 226 Å². The van der Waals surface area contributed by atoms with E-state index in [0.29, 0.717) is 24.7 Å². The highest BCUT2D eigenvalue weighted by Gasteiger charge is 2.55. The maximum Gasteiger partial charge on any atom is 0.422 e. The van der Waals surface area contributed by atoms with Gasteiger partial charge in [0.25, 0.3) is 0 Å². The van der Waals surface area contributed by atoms with Crippen LogP contribution in [0, 0.1) is 29.6 Å². The molecule has 0 aromatic carbocycles. The molecule has 3 saturated heterocycles. The zero-order chi connectivity index (χ0) is 52.5. The maximum atomic E-state index is 14.7. The monoisotopic (exact) mass is 1000 g/mol. The summed E-state index contributed by atoms with van der Waals surface area (Å²) < 4.78 is 50.9. The molecule has 19 nitrogen and oxygen atoms in total. The van der Waals surface area contributed by atoms with E-state index in [9.17, 15) is 29.7 Å². The van der Waals surface area contributed by atoms with Crippen LogP contribution in [0.2, 0.25) is 0 Å². The second-order valence-corrected chi connectivity index (χ2v) is 22.0. The standard InChI is InChI=1S/C51H92N4O15/c1-17-38-51(11,61)43(57)31(4)40(53-63-25-21-24-36-22-19-18-20-23-36)29(2)27-49(9,60)44(70-47-42(69-48(59)52-55(14)15)37(54(12)13)26-30(3)64-47)32(5)41(33(6)46(58)67-38)68-39-28-50(10,62-16)45(34(7)65-39)66-35(8)56/h29-34,36-39,41-45,47,57,60-61H,17-28H2,1-16H3,(H,52,59)/b53-40+/t29-,30-,31+,32+,33-,34+,37+,38-,39+,41+,42-,43-,44-,45+,47+,49?,50-,51-/m1/s1. The molecule has 0 bridgehead atoms. The Bertz CT molecular complexity index is 1690. The number of hydrogen-bond acceptors (Lipinski definition) is 18. The number of hydrogen-bond donors (Lipinski definition) is 4. The molecule has 1 amide bonds. The first-order chi connectivity index (χ1) is 32.7. The van der Waals surface area contributed by atoms with Crippen LogP contribution < -0.4 is 5.43 Å². The summed E-state index contributed by atoms with van der Waals surface area (Å²) >= 11 is 0. The van der Waals surface area contributed by atoms with Crippen LogP contribution in [-0.2, 0) is 52.3 Å². The smallest absolute Gasteiger partial charge is 0.422 e.